The highest BCUT2D eigenvalue weighted by Gasteiger charge is 2.12. The third kappa shape index (κ3) is 12.1. The van der Waals surface area contributed by atoms with E-state index in [1.165, 1.54) is 12.1 Å². The molecule has 0 aliphatic carbocycles. The normalized spacial score (nSPS) is 11.6. The van der Waals surface area contributed by atoms with Crippen molar-refractivity contribution in [1.29, 1.82) is 0 Å². The summed E-state index contributed by atoms with van der Waals surface area (Å²) in [6, 6.07) is 5.98. The second kappa shape index (κ2) is 15.3. The third-order valence-corrected chi connectivity index (χ3v) is 4.74. The number of carbonyl (C=O) groups is 3. The number of amides is 2. The van der Waals surface area contributed by atoms with Gasteiger partial charge in [-0.25, -0.2) is 4.79 Å². The van der Waals surface area contributed by atoms with Crippen LogP contribution in [0.25, 0.3) is 0 Å². The maximum absolute atomic E-state index is 11.9. The lowest BCUT2D eigenvalue weighted by Gasteiger charge is -2.15. The fourth-order valence-electron chi connectivity index (χ4n) is 2.98. The van der Waals surface area contributed by atoms with Crippen LogP contribution in [0.15, 0.2) is 24.3 Å². The topological polar surface area (TPSA) is 139 Å². The minimum absolute atomic E-state index is 0.105. The molecule has 1 rings (SSSR count). The highest BCUT2D eigenvalue weighted by molar-refractivity contribution is 5.87. The minimum atomic E-state index is -0.947. The van der Waals surface area contributed by atoms with Crippen LogP contribution in [-0.4, -0.2) is 47.3 Å². The zero-order valence-corrected chi connectivity index (χ0v) is 17.5. The first-order valence-corrected chi connectivity index (χ1v) is 10.6. The summed E-state index contributed by atoms with van der Waals surface area (Å²) in [6.45, 7) is 0.407. The molecule has 1 aromatic rings. The Hall–Kier alpha value is -2.61. The van der Waals surface area contributed by atoms with Crippen LogP contribution in [0.5, 0.6) is 5.75 Å². The fourth-order valence-corrected chi connectivity index (χ4v) is 2.98. The van der Waals surface area contributed by atoms with Gasteiger partial charge in [0, 0.05) is 12.8 Å². The predicted octanol–water partition coefficient (Wildman–Crippen LogP) is 2.63. The summed E-state index contributed by atoms with van der Waals surface area (Å²) >= 11 is 0. The Balaban J connectivity index is 1.97. The van der Waals surface area contributed by atoms with Crippen molar-refractivity contribution in [2.75, 3.05) is 13.2 Å². The van der Waals surface area contributed by atoms with E-state index in [0.717, 1.165) is 44.9 Å². The second-order valence-corrected chi connectivity index (χ2v) is 7.35. The third-order valence-electron chi connectivity index (χ3n) is 4.74. The number of benzene rings is 1. The van der Waals surface area contributed by atoms with Crippen LogP contribution in [0, 0.1) is 0 Å². The first kappa shape index (κ1) is 25.4. The largest absolute Gasteiger partial charge is 0.494 e. The van der Waals surface area contributed by atoms with Crippen molar-refractivity contribution in [3.05, 3.63) is 29.8 Å². The van der Waals surface area contributed by atoms with E-state index in [2.05, 4.69) is 5.32 Å². The molecule has 1 aromatic carbocycles. The standard InChI is InChI=1S/C22H34N2O6/c23-20(26)14-11-18(16-25)24-21(27)8-6-4-2-1-3-5-7-15-30-19-12-9-17(10-13-19)22(28)29/h9-10,12-13,18,25H,1-8,11,14-16H2,(H2,23,26)(H,24,27)(H,28,29)/t18-/m0/s1. The molecular weight excluding hydrogens is 388 g/mol. The van der Waals surface area contributed by atoms with E-state index in [0.29, 0.717) is 25.2 Å². The number of carboxylic acids is 1. The first-order chi connectivity index (χ1) is 14.4. The molecule has 0 radical (unpaired) electrons. The number of aliphatic hydroxyl groups is 1. The van der Waals surface area contributed by atoms with Crippen LogP contribution in [0.3, 0.4) is 0 Å². The molecule has 0 saturated heterocycles. The van der Waals surface area contributed by atoms with E-state index >= 15 is 0 Å². The number of hydrogen-bond acceptors (Lipinski definition) is 5. The van der Waals surface area contributed by atoms with Gasteiger partial charge in [-0.3, -0.25) is 9.59 Å². The van der Waals surface area contributed by atoms with Crippen molar-refractivity contribution in [1.82, 2.24) is 5.32 Å². The van der Waals surface area contributed by atoms with Gasteiger partial charge in [0.2, 0.25) is 11.8 Å². The molecule has 0 aliphatic rings. The maximum Gasteiger partial charge on any atom is 0.335 e. The van der Waals surface area contributed by atoms with Gasteiger partial charge >= 0.3 is 5.97 Å². The highest BCUT2D eigenvalue weighted by atomic mass is 16.5. The van der Waals surface area contributed by atoms with Crippen molar-refractivity contribution in [2.45, 2.75) is 70.3 Å². The summed E-state index contributed by atoms with van der Waals surface area (Å²) < 4.78 is 5.60. The minimum Gasteiger partial charge on any atom is -0.494 e. The molecule has 0 aromatic heterocycles. The second-order valence-electron chi connectivity index (χ2n) is 7.35. The SMILES string of the molecule is NC(=O)CC[C@@H](CO)NC(=O)CCCCCCCCCOc1ccc(C(=O)O)cc1. The van der Waals surface area contributed by atoms with E-state index in [1.807, 2.05) is 0 Å². The lowest BCUT2D eigenvalue weighted by Crippen LogP contribution is -2.38. The van der Waals surface area contributed by atoms with Crippen LogP contribution < -0.4 is 15.8 Å². The van der Waals surface area contributed by atoms with Crippen LogP contribution in [0.1, 0.15) is 74.6 Å². The molecule has 0 heterocycles. The molecule has 0 unspecified atom stereocenters. The van der Waals surface area contributed by atoms with Gasteiger partial charge in [-0.15, -0.1) is 0 Å². The monoisotopic (exact) mass is 422 g/mol. The van der Waals surface area contributed by atoms with Crippen molar-refractivity contribution in [3.8, 4) is 5.75 Å². The van der Waals surface area contributed by atoms with E-state index in [-0.39, 0.29) is 24.5 Å². The molecule has 0 aliphatic heterocycles. The average molecular weight is 423 g/mol. The number of aromatic carboxylic acids is 1. The van der Waals surface area contributed by atoms with E-state index in [4.69, 9.17) is 15.6 Å². The molecule has 8 heteroatoms. The van der Waals surface area contributed by atoms with Crippen molar-refractivity contribution in [3.63, 3.8) is 0 Å². The summed E-state index contributed by atoms with van der Waals surface area (Å²) in [5, 5.41) is 20.8. The van der Waals surface area contributed by atoms with Crippen LogP contribution in [0.4, 0.5) is 0 Å². The summed E-state index contributed by atoms with van der Waals surface area (Å²) in [5.74, 6) is -0.816. The molecule has 0 saturated carbocycles. The molecule has 0 spiro atoms. The Bertz CT molecular complexity index is 648. The summed E-state index contributed by atoms with van der Waals surface area (Å²) in [7, 11) is 0. The average Bonchev–Trinajstić information content (AvgIpc) is 2.72. The van der Waals surface area contributed by atoms with Gasteiger partial charge in [-0.2, -0.15) is 0 Å². The Kier molecular flexibility index (Phi) is 12.9. The molecule has 1 atom stereocenters. The maximum atomic E-state index is 11.9. The number of nitrogens with one attached hydrogen (secondary N) is 1. The van der Waals surface area contributed by atoms with Crippen LogP contribution in [0.2, 0.25) is 0 Å². The number of carbonyl (C=O) groups excluding carboxylic acids is 2. The quantitative estimate of drug-likeness (QED) is 0.285. The van der Waals surface area contributed by atoms with Gasteiger partial charge in [-0.05, 0) is 43.5 Å². The number of rotatable bonds is 17. The first-order valence-electron chi connectivity index (χ1n) is 10.6. The predicted molar refractivity (Wildman–Crippen MR) is 113 cm³/mol. The zero-order valence-electron chi connectivity index (χ0n) is 17.5. The lowest BCUT2D eigenvalue weighted by atomic mass is 10.1. The van der Waals surface area contributed by atoms with Crippen molar-refractivity contribution >= 4 is 17.8 Å². The van der Waals surface area contributed by atoms with Crippen LogP contribution >= 0.6 is 0 Å². The molecular formula is C22H34N2O6. The van der Waals surface area contributed by atoms with Gasteiger partial charge in [0.15, 0.2) is 0 Å². The van der Waals surface area contributed by atoms with Gasteiger partial charge in [0.25, 0.3) is 0 Å². The number of unbranched alkanes of at least 4 members (excludes halogenated alkanes) is 6. The summed E-state index contributed by atoms with van der Waals surface area (Å²) in [4.78, 5) is 33.4. The molecule has 8 nitrogen and oxygen atoms in total. The van der Waals surface area contributed by atoms with Crippen molar-refractivity contribution < 1.29 is 29.3 Å². The summed E-state index contributed by atoms with van der Waals surface area (Å²) in [6.07, 6.45) is 7.98. The van der Waals surface area contributed by atoms with Crippen molar-refractivity contribution in [2.24, 2.45) is 5.73 Å². The van der Waals surface area contributed by atoms with Gasteiger partial charge in [0.05, 0.1) is 24.8 Å². The molecule has 30 heavy (non-hydrogen) atoms. The lowest BCUT2D eigenvalue weighted by molar-refractivity contribution is -0.123. The molecule has 0 fully saturated rings. The number of ether oxygens (including phenoxy) is 1. The van der Waals surface area contributed by atoms with E-state index in [1.54, 1.807) is 12.1 Å². The molecule has 5 N–H and O–H groups in total. The number of primary amides is 1. The number of nitrogens with two attached hydrogens (primary N) is 1. The molecule has 0 bridgehead atoms. The number of carboxylic acid groups (broad SMARTS) is 1. The molecule has 168 valence electrons. The zero-order chi connectivity index (χ0) is 22.2. The van der Waals surface area contributed by atoms with Gasteiger partial charge in [0.1, 0.15) is 5.75 Å². The van der Waals surface area contributed by atoms with E-state index < -0.39 is 17.9 Å². The number of aliphatic hydroxyl groups excluding tert-OH is 1. The van der Waals surface area contributed by atoms with E-state index in [9.17, 15) is 19.5 Å². The molecule has 2 amide bonds. The highest BCUT2D eigenvalue weighted by Crippen LogP contribution is 2.14. The Labute approximate surface area is 177 Å². The Morgan fingerprint density at radius 1 is 0.933 bits per heavy atom. The van der Waals surface area contributed by atoms with Gasteiger partial charge < -0.3 is 26.0 Å². The van der Waals surface area contributed by atoms with Gasteiger partial charge in [-0.1, -0.05) is 32.1 Å². The number of hydrogen-bond donors (Lipinski definition) is 4. The fraction of sp³-hybridized carbons (Fsp3) is 0.591. The Morgan fingerprint density at radius 3 is 2.10 bits per heavy atom. The summed E-state index contributed by atoms with van der Waals surface area (Å²) in [5.41, 5.74) is 5.32. The smallest absolute Gasteiger partial charge is 0.335 e. The Morgan fingerprint density at radius 2 is 1.53 bits per heavy atom. The van der Waals surface area contributed by atoms with Crippen LogP contribution in [-0.2, 0) is 9.59 Å².